The van der Waals surface area contributed by atoms with E-state index in [1.165, 1.54) is 37.9 Å². The molecule has 11 rings (SSSR count). The molecule has 252 valence electrons. The van der Waals surface area contributed by atoms with E-state index in [0.717, 1.165) is 78.7 Å². The van der Waals surface area contributed by atoms with E-state index in [9.17, 15) is 0 Å². The molecule has 0 aliphatic carbocycles. The number of dihydropyridines is 1. The lowest BCUT2D eigenvalue weighted by Crippen LogP contribution is -2.15. The Balaban J connectivity index is 1.13. The van der Waals surface area contributed by atoms with Crippen molar-refractivity contribution in [3.8, 4) is 33.6 Å². The Kier molecular flexibility index (Phi) is 6.85. The van der Waals surface area contributed by atoms with Gasteiger partial charge in [-0.05, 0) is 104 Å². The predicted molar refractivity (Wildman–Crippen MR) is 224 cm³/mol. The summed E-state index contributed by atoms with van der Waals surface area (Å²) in [7, 11) is 0. The molecule has 0 amide bonds. The number of allylic oxidation sites excluding steroid dienone is 2. The van der Waals surface area contributed by atoms with Crippen LogP contribution in [-0.2, 0) is 0 Å². The first-order valence-electron chi connectivity index (χ1n) is 18.3. The summed E-state index contributed by atoms with van der Waals surface area (Å²) in [6.07, 6.45) is 9.95. The molecule has 1 aliphatic heterocycles. The fourth-order valence-electron chi connectivity index (χ4n) is 8.21. The minimum absolute atomic E-state index is 0.773. The molecule has 6 aromatic carbocycles. The topological polar surface area (TPSA) is 63.6 Å². The first-order valence-corrected chi connectivity index (χ1v) is 18.3. The van der Waals surface area contributed by atoms with Crippen molar-refractivity contribution in [2.75, 3.05) is 6.54 Å². The molecule has 5 heterocycles. The van der Waals surface area contributed by atoms with Crippen molar-refractivity contribution < 1.29 is 0 Å². The quantitative estimate of drug-likeness (QED) is 0.147. The largest absolute Gasteiger partial charge is 0.380 e. The molecule has 0 spiro atoms. The molecule has 5 heteroatoms. The minimum atomic E-state index is 0.773. The van der Waals surface area contributed by atoms with Crippen LogP contribution in [0.15, 0.2) is 170 Å². The van der Waals surface area contributed by atoms with Crippen molar-refractivity contribution in [2.24, 2.45) is 0 Å². The van der Waals surface area contributed by atoms with Crippen LogP contribution in [0.5, 0.6) is 0 Å². The summed E-state index contributed by atoms with van der Waals surface area (Å²) in [5.74, 6) is 0. The molecule has 0 atom stereocenters. The van der Waals surface area contributed by atoms with Crippen molar-refractivity contribution >= 4 is 70.7 Å². The lowest BCUT2D eigenvalue weighted by molar-refractivity contribution is 0.981. The number of para-hydroxylation sites is 1. The summed E-state index contributed by atoms with van der Waals surface area (Å²) < 4.78 is 0. The van der Waals surface area contributed by atoms with Gasteiger partial charge in [-0.2, -0.15) is 0 Å². The molecule has 1 N–H and O–H groups in total. The molecule has 54 heavy (non-hydrogen) atoms. The maximum atomic E-state index is 5.15. The second-order valence-electron chi connectivity index (χ2n) is 13.8. The number of nitrogens with one attached hydrogen (secondary N) is 1. The van der Waals surface area contributed by atoms with Crippen LogP contribution in [-0.4, -0.2) is 26.5 Å². The molecule has 0 unspecified atom stereocenters. The summed E-state index contributed by atoms with van der Waals surface area (Å²) in [4.78, 5) is 19.6. The summed E-state index contributed by atoms with van der Waals surface area (Å²) in [6, 6.07) is 49.9. The monoisotopic (exact) mass is 689 g/mol. The minimum Gasteiger partial charge on any atom is -0.380 e. The highest BCUT2D eigenvalue weighted by Gasteiger charge is 2.18. The van der Waals surface area contributed by atoms with Crippen LogP contribution in [0.4, 0.5) is 0 Å². The molecule has 0 radical (unpaired) electrons. The first kappa shape index (κ1) is 30.4. The summed E-state index contributed by atoms with van der Waals surface area (Å²) >= 11 is 0. The zero-order valence-corrected chi connectivity index (χ0v) is 29.2. The van der Waals surface area contributed by atoms with Crippen molar-refractivity contribution in [2.45, 2.75) is 0 Å². The lowest BCUT2D eigenvalue weighted by atomic mass is 9.89. The molecule has 5 nitrogen and oxygen atoms in total. The van der Waals surface area contributed by atoms with Crippen LogP contribution in [0, 0.1) is 0 Å². The highest BCUT2D eigenvalue weighted by Crippen LogP contribution is 2.42. The van der Waals surface area contributed by atoms with Crippen LogP contribution in [0.3, 0.4) is 0 Å². The fraction of sp³-hybridized carbons (Fsp3) is 0.0204. The Hall–Kier alpha value is -7.24. The van der Waals surface area contributed by atoms with E-state index >= 15 is 0 Å². The van der Waals surface area contributed by atoms with Crippen molar-refractivity contribution in [1.82, 2.24) is 25.3 Å². The Bertz CT molecular complexity index is 3200. The zero-order chi connectivity index (χ0) is 35.6. The zero-order valence-electron chi connectivity index (χ0n) is 29.2. The standard InChI is InChI=1S/C49H31N5/c1-2-12-35-34(11-1)40-26-31(33-28-45(43-15-5-7-23-50-43)53-46(29-33)44-16-6-8-24-51-44)18-20-36(40)37-21-19-32(27-41(35)37)47-38-13-3-4-14-42(38)54-49-39(47)22-17-30-10-9-25-52-48(30)49/h1-23,25-29,51H,24H2. The van der Waals surface area contributed by atoms with Gasteiger partial charge in [0.15, 0.2) is 0 Å². The van der Waals surface area contributed by atoms with Crippen LogP contribution in [0.1, 0.15) is 5.69 Å². The number of hydrogen-bond donors (Lipinski definition) is 1. The third kappa shape index (κ3) is 4.86. The maximum absolute atomic E-state index is 5.15. The number of benzene rings is 6. The van der Waals surface area contributed by atoms with Crippen LogP contribution in [0.25, 0.3) is 104 Å². The van der Waals surface area contributed by atoms with Gasteiger partial charge in [-0.1, -0.05) is 103 Å². The van der Waals surface area contributed by atoms with E-state index < -0.39 is 0 Å². The molecule has 0 saturated carbocycles. The molecular weight excluding hydrogens is 659 g/mol. The van der Waals surface area contributed by atoms with E-state index in [2.05, 4.69) is 144 Å². The first-order chi connectivity index (χ1) is 26.8. The summed E-state index contributed by atoms with van der Waals surface area (Å²) in [6.45, 7) is 0.773. The van der Waals surface area contributed by atoms with Gasteiger partial charge in [-0.15, -0.1) is 0 Å². The highest BCUT2D eigenvalue weighted by molar-refractivity contribution is 6.27. The van der Waals surface area contributed by atoms with Gasteiger partial charge in [-0.25, -0.2) is 9.97 Å². The predicted octanol–water partition coefficient (Wildman–Crippen LogP) is 11.7. The lowest BCUT2D eigenvalue weighted by Gasteiger charge is -2.17. The molecule has 10 aromatic rings. The van der Waals surface area contributed by atoms with Crippen LogP contribution in [0.2, 0.25) is 0 Å². The van der Waals surface area contributed by atoms with Gasteiger partial charge in [0.05, 0.1) is 39.3 Å². The van der Waals surface area contributed by atoms with Gasteiger partial charge >= 0.3 is 0 Å². The second-order valence-corrected chi connectivity index (χ2v) is 13.8. The molecule has 4 aromatic heterocycles. The number of rotatable bonds is 4. The Morgan fingerprint density at radius 2 is 1.15 bits per heavy atom. The maximum Gasteiger partial charge on any atom is 0.0978 e. The normalized spacial score (nSPS) is 12.9. The number of nitrogens with zero attached hydrogens (tertiary/aromatic N) is 4. The average Bonchev–Trinajstić information content (AvgIpc) is 3.25. The van der Waals surface area contributed by atoms with Crippen molar-refractivity contribution in [3.05, 3.63) is 176 Å². The summed E-state index contributed by atoms with van der Waals surface area (Å²) in [5.41, 5.74) is 11.0. The van der Waals surface area contributed by atoms with Gasteiger partial charge < -0.3 is 5.32 Å². The number of fused-ring (bicyclic) bond motifs is 10. The fourth-order valence-corrected chi connectivity index (χ4v) is 8.21. The van der Waals surface area contributed by atoms with E-state index in [1.54, 1.807) is 0 Å². The second kappa shape index (κ2) is 12.2. The Morgan fingerprint density at radius 1 is 0.444 bits per heavy atom. The van der Waals surface area contributed by atoms with Gasteiger partial charge in [0, 0.05) is 40.7 Å². The summed E-state index contributed by atoms with van der Waals surface area (Å²) in [5, 5.41) is 14.2. The van der Waals surface area contributed by atoms with E-state index in [1.807, 2.05) is 36.7 Å². The van der Waals surface area contributed by atoms with E-state index in [-0.39, 0.29) is 0 Å². The Labute approximate surface area is 311 Å². The molecule has 0 bridgehead atoms. The average molecular weight is 690 g/mol. The highest BCUT2D eigenvalue weighted by atomic mass is 14.9. The SMILES string of the molecule is C1=CCNC(c2cc(-c3ccc4c5ccc(-c6c7ccccc7nc7c6ccc6cccnc67)cc5c5ccccc5c4c3)cc(-c3ccccn3)n2)=C1. The third-order valence-electron chi connectivity index (χ3n) is 10.7. The third-order valence-corrected chi connectivity index (χ3v) is 10.7. The smallest absolute Gasteiger partial charge is 0.0978 e. The van der Waals surface area contributed by atoms with Gasteiger partial charge in [0.25, 0.3) is 0 Å². The Morgan fingerprint density at radius 3 is 1.94 bits per heavy atom. The van der Waals surface area contributed by atoms with Crippen LogP contribution < -0.4 is 5.32 Å². The van der Waals surface area contributed by atoms with Crippen LogP contribution >= 0.6 is 0 Å². The molecular formula is C49H31N5. The molecule has 0 fully saturated rings. The van der Waals surface area contributed by atoms with E-state index in [0.29, 0.717) is 0 Å². The van der Waals surface area contributed by atoms with Gasteiger partial charge in [-0.3, -0.25) is 9.97 Å². The number of pyridine rings is 4. The van der Waals surface area contributed by atoms with E-state index in [4.69, 9.17) is 15.0 Å². The molecule has 1 aliphatic rings. The molecule has 0 saturated heterocycles. The number of hydrogen-bond acceptors (Lipinski definition) is 5. The van der Waals surface area contributed by atoms with Gasteiger partial charge in [0.1, 0.15) is 0 Å². The van der Waals surface area contributed by atoms with Crippen molar-refractivity contribution in [3.63, 3.8) is 0 Å². The van der Waals surface area contributed by atoms with Crippen molar-refractivity contribution in [1.29, 1.82) is 0 Å². The van der Waals surface area contributed by atoms with Gasteiger partial charge in [0.2, 0.25) is 0 Å². The number of aromatic nitrogens is 4.